The topological polar surface area (TPSA) is 156 Å². The lowest BCUT2D eigenvalue weighted by Gasteiger charge is -2.17. The molecule has 0 bridgehead atoms. The van der Waals surface area contributed by atoms with Crippen LogP contribution in [-0.2, 0) is 9.57 Å². The third-order valence-electron chi connectivity index (χ3n) is 4.07. The van der Waals surface area contributed by atoms with E-state index in [2.05, 4.69) is 15.4 Å². The van der Waals surface area contributed by atoms with Gasteiger partial charge in [-0.15, -0.1) is 0 Å². The minimum Gasteiger partial charge on any atom is -0.394 e. The Morgan fingerprint density at radius 3 is 2.78 bits per heavy atom. The van der Waals surface area contributed by atoms with Crippen molar-refractivity contribution in [2.75, 3.05) is 12.1 Å². The van der Waals surface area contributed by atoms with E-state index in [-0.39, 0.29) is 11.5 Å². The first-order valence-corrected chi connectivity index (χ1v) is 8.03. The Morgan fingerprint density at radius 2 is 2.15 bits per heavy atom. The van der Waals surface area contributed by atoms with Gasteiger partial charge in [0, 0.05) is 18.5 Å². The minimum atomic E-state index is -1.41. The summed E-state index contributed by atoms with van der Waals surface area (Å²) in [6.07, 6.45) is -2.28. The fraction of sp³-hybridized carbons (Fsp3) is 0.375. The van der Waals surface area contributed by atoms with Crippen molar-refractivity contribution in [2.24, 2.45) is 0 Å². The summed E-state index contributed by atoms with van der Waals surface area (Å²) in [5.41, 5.74) is 2.18. The number of pyridine rings is 1. The van der Waals surface area contributed by atoms with Crippen LogP contribution in [0.2, 0.25) is 0 Å². The molecule has 11 heteroatoms. The number of anilines is 1. The fourth-order valence-corrected chi connectivity index (χ4v) is 2.62. The summed E-state index contributed by atoms with van der Waals surface area (Å²) in [6, 6.07) is 4.69. The number of aliphatic hydroxyl groups excluding tert-OH is 3. The Labute approximate surface area is 152 Å². The maximum atomic E-state index is 12.2. The van der Waals surface area contributed by atoms with Crippen molar-refractivity contribution >= 4 is 11.8 Å². The predicted molar refractivity (Wildman–Crippen MR) is 89.5 cm³/mol. The van der Waals surface area contributed by atoms with E-state index in [1.54, 1.807) is 19.1 Å². The molecular formula is C16H18N4O7. The zero-order valence-corrected chi connectivity index (χ0v) is 14.2. The SMILES string of the molecule is Cc1cccnc1C(=O)ONc1ccn([C@@H]2O[C@H](CO)[C@@H](O)[C@H]2O)c(=O)n1. The molecule has 0 aliphatic carbocycles. The molecule has 1 saturated heterocycles. The van der Waals surface area contributed by atoms with E-state index in [4.69, 9.17) is 14.7 Å². The zero-order chi connectivity index (χ0) is 19.6. The Bertz CT molecular complexity index is 887. The molecule has 1 aliphatic rings. The van der Waals surface area contributed by atoms with Crippen molar-refractivity contribution in [3.63, 3.8) is 0 Å². The highest BCUT2D eigenvalue weighted by Gasteiger charge is 2.43. The largest absolute Gasteiger partial charge is 0.394 e. The van der Waals surface area contributed by atoms with Crippen molar-refractivity contribution in [1.82, 2.24) is 14.5 Å². The molecule has 0 radical (unpaired) electrons. The van der Waals surface area contributed by atoms with Gasteiger partial charge in [0.15, 0.2) is 17.7 Å². The summed E-state index contributed by atoms with van der Waals surface area (Å²) < 4.78 is 6.23. The third kappa shape index (κ3) is 3.80. The molecule has 144 valence electrons. The van der Waals surface area contributed by atoms with E-state index >= 15 is 0 Å². The Kier molecular flexibility index (Phi) is 5.46. The number of hydrogen-bond donors (Lipinski definition) is 4. The van der Waals surface area contributed by atoms with Crippen molar-refractivity contribution in [2.45, 2.75) is 31.5 Å². The first-order valence-electron chi connectivity index (χ1n) is 8.03. The summed E-state index contributed by atoms with van der Waals surface area (Å²) >= 11 is 0. The Balaban J connectivity index is 1.70. The summed E-state index contributed by atoms with van der Waals surface area (Å²) in [5.74, 6) is -0.799. The van der Waals surface area contributed by atoms with Crippen LogP contribution in [0.5, 0.6) is 0 Å². The summed E-state index contributed by atoms with van der Waals surface area (Å²) in [7, 11) is 0. The molecule has 3 heterocycles. The number of ether oxygens (including phenoxy) is 1. The zero-order valence-electron chi connectivity index (χ0n) is 14.2. The van der Waals surface area contributed by atoms with Crippen LogP contribution in [0.3, 0.4) is 0 Å². The first-order chi connectivity index (χ1) is 12.9. The highest BCUT2D eigenvalue weighted by Crippen LogP contribution is 2.28. The fourth-order valence-electron chi connectivity index (χ4n) is 2.62. The molecule has 0 amide bonds. The number of nitrogens with one attached hydrogen (secondary N) is 1. The van der Waals surface area contributed by atoms with E-state index in [1.807, 2.05) is 0 Å². The number of carbonyl (C=O) groups is 1. The second kappa shape index (κ2) is 7.80. The van der Waals surface area contributed by atoms with Crippen molar-refractivity contribution in [3.8, 4) is 0 Å². The van der Waals surface area contributed by atoms with Gasteiger partial charge in [0.25, 0.3) is 0 Å². The summed E-state index contributed by atoms with van der Waals surface area (Å²) in [5, 5.41) is 28.8. The van der Waals surface area contributed by atoms with Crippen LogP contribution in [-0.4, -0.2) is 60.7 Å². The highest BCUT2D eigenvalue weighted by atomic mass is 16.7. The van der Waals surface area contributed by atoms with Gasteiger partial charge >= 0.3 is 11.7 Å². The van der Waals surface area contributed by atoms with Crippen molar-refractivity contribution in [1.29, 1.82) is 0 Å². The van der Waals surface area contributed by atoms with Gasteiger partial charge in [-0.1, -0.05) is 6.07 Å². The maximum absolute atomic E-state index is 12.2. The molecule has 2 aromatic rings. The molecule has 0 saturated carbocycles. The number of carbonyl (C=O) groups excluding carboxylic acids is 1. The van der Waals surface area contributed by atoms with Gasteiger partial charge in [0.05, 0.1) is 6.61 Å². The summed E-state index contributed by atoms with van der Waals surface area (Å²) in [4.78, 5) is 36.6. The average molecular weight is 378 g/mol. The van der Waals surface area contributed by atoms with E-state index in [0.29, 0.717) is 5.56 Å². The molecule has 0 unspecified atom stereocenters. The third-order valence-corrected chi connectivity index (χ3v) is 4.07. The molecule has 27 heavy (non-hydrogen) atoms. The van der Waals surface area contributed by atoms with Gasteiger partial charge in [0.1, 0.15) is 18.3 Å². The molecular weight excluding hydrogens is 360 g/mol. The van der Waals surface area contributed by atoms with Gasteiger partial charge in [0.2, 0.25) is 0 Å². The van der Waals surface area contributed by atoms with Crippen LogP contribution >= 0.6 is 0 Å². The lowest BCUT2D eigenvalue weighted by molar-refractivity contribution is -0.0549. The van der Waals surface area contributed by atoms with Gasteiger partial charge in [-0.3, -0.25) is 4.57 Å². The minimum absolute atomic E-state index is 0.0510. The number of aryl methyl sites for hydroxylation is 1. The Hall–Kier alpha value is -2.86. The predicted octanol–water partition coefficient (Wildman–Crippen LogP) is -1.26. The number of aliphatic hydroxyl groups is 3. The molecule has 4 N–H and O–H groups in total. The Morgan fingerprint density at radius 1 is 1.37 bits per heavy atom. The van der Waals surface area contributed by atoms with Gasteiger partial charge in [-0.2, -0.15) is 10.5 Å². The average Bonchev–Trinajstić information content (AvgIpc) is 2.95. The van der Waals surface area contributed by atoms with Crippen LogP contribution < -0.4 is 11.2 Å². The lowest BCUT2D eigenvalue weighted by Crippen LogP contribution is -2.36. The highest BCUT2D eigenvalue weighted by molar-refractivity contribution is 5.89. The molecule has 1 fully saturated rings. The molecule has 11 nitrogen and oxygen atoms in total. The monoisotopic (exact) mass is 378 g/mol. The smallest absolute Gasteiger partial charge is 0.381 e. The van der Waals surface area contributed by atoms with Crippen LogP contribution in [0.25, 0.3) is 0 Å². The standard InChI is InChI=1S/C16H18N4O7/c1-8-3-2-5-17-11(8)15(24)27-19-10-4-6-20(16(25)18-10)14-13(23)12(22)9(7-21)26-14/h2-6,9,12-14,21-23H,7H2,1H3,(H,18,19,25)/t9-,12-,13-,14-/m1/s1. The molecule has 2 aromatic heterocycles. The van der Waals surface area contributed by atoms with Crippen LogP contribution in [0.15, 0.2) is 35.4 Å². The molecule has 0 spiro atoms. The molecule has 4 atom stereocenters. The first kappa shape index (κ1) is 18.9. The van der Waals surface area contributed by atoms with Crippen LogP contribution in [0, 0.1) is 6.92 Å². The van der Waals surface area contributed by atoms with E-state index in [1.165, 1.54) is 18.5 Å². The van der Waals surface area contributed by atoms with Gasteiger partial charge < -0.3 is 24.9 Å². The number of rotatable bonds is 5. The second-order valence-electron chi connectivity index (χ2n) is 5.89. The van der Waals surface area contributed by atoms with Crippen molar-refractivity contribution in [3.05, 3.63) is 52.3 Å². The second-order valence-corrected chi connectivity index (χ2v) is 5.89. The molecule has 3 rings (SSSR count). The summed E-state index contributed by atoms with van der Waals surface area (Å²) in [6.45, 7) is 1.18. The number of nitrogens with zero attached hydrogens (tertiary/aromatic N) is 3. The van der Waals surface area contributed by atoms with Gasteiger partial charge in [-0.05, 0) is 18.6 Å². The van der Waals surface area contributed by atoms with E-state index in [0.717, 1.165) is 4.57 Å². The maximum Gasteiger partial charge on any atom is 0.381 e. The number of aromatic nitrogens is 3. The van der Waals surface area contributed by atoms with Gasteiger partial charge in [-0.25, -0.2) is 14.6 Å². The van der Waals surface area contributed by atoms with E-state index in [9.17, 15) is 19.8 Å². The molecule has 1 aliphatic heterocycles. The van der Waals surface area contributed by atoms with Crippen molar-refractivity contribution < 1.29 is 29.7 Å². The quantitative estimate of drug-likeness (QED) is 0.463. The lowest BCUT2D eigenvalue weighted by atomic mass is 10.1. The van der Waals surface area contributed by atoms with E-state index < -0.39 is 42.8 Å². The normalized spacial score (nSPS) is 24.6. The van der Waals surface area contributed by atoms with Crippen LogP contribution in [0.1, 0.15) is 22.3 Å². The number of hydrogen-bond acceptors (Lipinski definition) is 10. The molecule has 0 aromatic carbocycles. The van der Waals surface area contributed by atoms with Crippen LogP contribution in [0.4, 0.5) is 5.82 Å².